The van der Waals surface area contributed by atoms with Gasteiger partial charge in [0.1, 0.15) is 5.76 Å². The van der Waals surface area contributed by atoms with E-state index in [1.165, 1.54) is 5.56 Å². The molecule has 5 atom stereocenters. The Kier molecular flexibility index (Phi) is 5.34. The van der Waals surface area contributed by atoms with Gasteiger partial charge in [-0.2, -0.15) is 0 Å². The Bertz CT molecular complexity index is 896. The first-order valence-electron chi connectivity index (χ1n) is 11.3. The van der Waals surface area contributed by atoms with Gasteiger partial charge in [0, 0.05) is 18.5 Å². The average molecular weight is 430 g/mol. The Hall–Kier alpha value is -2.25. The molecular weight excluding hydrogens is 398 g/mol. The Morgan fingerprint density at radius 1 is 1.23 bits per heavy atom. The van der Waals surface area contributed by atoms with Crippen molar-refractivity contribution in [1.82, 2.24) is 4.90 Å². The number of ether oxygens (including phenoxy) is 4. The Balaban J connectivity index is 1.61. The Morgan fingerprint density at radius 2 is 2.00 bits per heavy atom. The molecule has 1 saturated heterocycles. The highest BCUT2D eigenvalue weighted by Crippen LogP contribution is 2.49. The number of fused-ring (bicyclic) bond motifs is 3. The van der Waals surface area contributed by atoms with Crippen LogP contribution in [-0.2, 0) is 20.7 Å². The largest absolute Gasteiger partial charge is 0.497 e. The van der Waals surface area contributed by atoms with Crippen LogP contribution < -0.4 is 9.47 Å². The van der Waals surface area contributed by atoms with Crippen LogP contribution in [0, 0.1) is 11.8 Å². The first-order valence-corrected chi connectivity index (χ1v) is 11.3. The number of hydrogen-bond donors (Lipinski definition) is 1. The standard InChI is InChI=1S/C24H31NO6/c1-13(2)22(26)24(27)31-23-19(28-3)10-15-5-4-7-25-8-6-14-9-17-18(30-12-29-17)11-16(14)20(23)21(15)25/h9-11,13,15,20-23,26H,4-8,12H2,1-3H3. The van der Waals surface area contributed by atoms with Gasteiger partial charge in [-0.05, 0) is 67.0 Å². The summed E-state index contributed by atoms with van der Waals surface area (Å²) in [6.45, 7) is 5.82. The van der Waals surface area contributed by atoms with Gasteiger partial charge in [-0.3, -0.25) is 4.90 Å². The maximum Gasteiger partial charge on any atom is 0.335 e. The molecule has 0 saturated carbocycles. The molecule has 1 aliphatic carbocycles. The van der Waals surface area contributed by atoms with Crippen LogP contribution in [0.15, 0.2) is 24.0 Å². The van der Waals surface area contributed by atoms with Crippen LogP contribution in [0.5, 0.6) is 11.5 Å². The van der Waals surface area contributed by atoms with Gasteiger partial charge in [0.25, 0.3) is 0 Å². The Labute approximate surface area is 182 Å². The third-order valence-electron chi connectivity index (χ3n) is 7.21. The highest BCUT2D eigenvalue weighted by atomic mass is 16.7. The number of piperidine rings is 1. The fraction of sp³-hybridized carbons (Fsp3) is 0.625. The molecule has 0 aromatic heterocycles. The summed E-state index contributed by atoms with van der Waals surface area (Å²) < 4.78 is 23.1. The molecule has 168 valence electrons. The molecule has 3 heterocycles. The van der Waals surface area contributed by atoms with Gasteiger partial charge in [0.2, 0.25) is 6.79 Å². The first-order chi connectivity index (χ1) is 15.0. The molecule has 5 rings (SSSR count). The summed E-state index contributed by atoms with van der Waals surface area (Å²) in [5.74, 6) is 1.59. The van der Waals surface area contributed by atoms with E-state index in [-0.39, 0.29) is 24.7 Å². The number of rotatable bonds is 4. The number of aliphatic hydroxyl groups is 1. The zero-order chi connectivity index (χ0) is 21.7. The van der Waals surface area contributed by atoms with Crippen molar-refractivity contribution in [3.8, 4) is 11.5 Å². The zero-order valence-corrected chi connectivity index (χ0v) is 18.4. The third kappa shape index (κ3) is 3.48. The van der Waals surface area contributed by atoms with Crippen LogP contribution in [0.25, 0.3) is 0 Å². The molecule has 1 N–H and O–H groups in total. The molecule has 7 heteroatoms. The Morgan fingerprint density at radius 3 is 2.74 bits per heavy atom. The summed E-state index contributed by atoms with van der Waals surface area (Å²) in [5.41, 5.74) is 2.33. The second-order valence-electron chi connectivity index (χ2n) is 9.33. The minimum absolute atomic E-state index is 0.0967. The minimum atomic E-state index is -1.17. The number of benzene rings is 1. The van der Waals surface area contributed by atoms with Crippen LogP contribution in [0.3, 0.4) is 0 Å². The number of methoxy groups -OCH3 is 1. The van der Waals surface area contributed by atoms with Crippen molar-refractivity contribution in [2.75, 3.05) is 27.0 Å². The van der Waals surface area contributed by atoms with Crippen molar-refractivity contribution in [1.29, 1.82) is 0 Å². The summed E-state index contributed by atoms with van der Waals surface area (Å²) >= 11 is 0. The highest BCUT2D eigenvalue weighted by Gasteiger charge is 2.50. The smallest absolute Gasteiger partial charge is 0.335 e. The van der Waals surface area contributed by atoms with Crippen LogP contribution in [0.1, 0.15) is 43.7 Å². The highest BCUT2D eigenvalue weighted by molar-refractivity contribution is 5.75. The normalized spacial score (nSPS) is 30.0. The van der Waals surface area contributed by atoms with Gasteiger partial charge in [-0.15, -0.1) is 0 Å². The van der Waals surface area contributed by atoms with E-state index in [4.69, 9.17) is 18.9 Å². The van der Waals surface area contributed by atoms with E-state index in [0.717, 1.165) is 49.4 Å². The molecule has 7 nitrogen and oxygen atoms in total. The van der Waals surface area contributed by atoms with Crippen LogP contribution in [0.2, 0.25) is 0 Å². The van der Waals surface area contributed by atoms with Crippen LogP contribution >= 0.6 is 0 Å². The molecule has 5 unspecified atom stereocenters. The molecule has 1 aromatic carbocycles. The average Bonchev–Trinajstić information content (AvgIpc) is 3.16. The van der Waals surface area contributed by atoms with E-state index in [2.05, 4.69) is 23.1 Å². The van der Waals surface area contributed by atoms with Gasteiger partial charge < -0.3 is 24.1 Å². The predicted octanol–water partition coefficient (Wildman–Crippen LogP) is 2.61. The lowest BCUT2D eigenvalue weighted by molar-refractivity contribution is -0.164. The number of hydrogen-bond acceptors (Lipinski definition) is 7. The summed E-state index contributed by atoms with van der Waals surface area (Å²) in [5, 5.41) is 10.3. The maximum absolute atomic E-state index is 12.8. The zero-order valence-electron chi connectivity index (χ0n) is 18.4. The van der Waals surface area contributed by atoms with Crippen LogP contribution in [-0.4, -0.2) is 61.2 Å². The van der Waals surface area contributed by atoms with Crippen molar-refractivity contribution < 1.29 is 28.8 Å². The second-order valence-corrected chi connectivity index (χ2v) is 9.33. The van der Waals surface area contributed by atoms with Crippen molar-refractivity contribution in [2.24, 2.45) is 11.8 Å². The number of nitrogens with zero attached hydrogens (tertiary/aromatic N) is 1. The number of aliphatic hydroxyl groups excluding tert-OH is 1. The maximum atomic E-state index is 12.8. The van der Waals surface area contributed by atoms with Gasteiger partial charge in [-0.1, -0.05) is 13.8 Å². The lowest BCUT2D eigenvalue weighted by Crippen LogP contribution is -2.54. The number of carbonyl (C=O) groups is 1. The molecule has 0 amide bonds. The molecule has 3 aliphatic heterocycles. The molecule has 0 spiro atoms. The van der Waals surface area contributed by atoms with E-state index >= 15 is 0 Å². The topological polar surface area (TPSA) is 77.5 Å². The third-order valence-corrected chi connectivity index (χ3v) is 7.21. The lowest BCUT2D eigenvalue weighted by atomic mass is 9.71. The van der Waals surface area contributed by atoms with Gasteiger partial charge >= 0.3 is 5.97 Å². The van der Waals surface area contributed by atoms with Crippen molar-refractivity contribution in [3.05, 3.63) is 35.1 Å². The number of esters is 1. The van der Waals surface area contributed by atoms with Crippen molar-refractivity contribution in [3.63, 3.8) is 0 Å². The molecule has 0 radical (unpaired) electrons. The van der Waals surface area contributed by atoms with Crippen molar-refractivity contribution in [2.45, 2.75) is 57.3 Å². The van der Waals surface area contributed by atoms with E-state index in [0.29, 0.717) is 11.7 Å². The van der Waals surface area contributed by atoms with Crippen LogP contribution in [0.4, 0.5) is 0 Å². The van der Waals surface area contributed by atoms with E-state index in [1.54, 1.807) is 21.0 Å². The SMILES string of the molecule is COC1=CC2CCCN3CCc4cc5c(cc4C(C1OC(=O)C(O)C(C)C)C23)OCO5. The van der Waals surface area contributed by atoms with E-state index in [9.17, 15) is 9.90 Å². The predicted molar refractivity (Wildman–Crippen MR) is 113 cm³/mol. The quantitative estimate of drug-likeness (QED) is 0.737. The van der Waals surface area contributed by atoms with Gasteiger partial charge in [0.05, 0.1) is 7.11 Å². The lowest BCUT2D eigenvalue weighted by Gasteiger charge is -2.48. The molecular formula is C24H31NO6. The summed E-state index contributed by atoms with van der Waals surface area (Å²) in [6.07, 6.45) is 3.51. The summed E-state index contributed by atoms with van der Waals surface area (Å²) in [7, 11) is 1.63. The monoisotopic (exact) mass is 429 g/mol. The van der Waals surface area contributed by atoms with E-state index < -0.39 is 18.2 Å². The minimum Gasteiger partial charge on any atom is -0.497 e. The fourth-order valence-electron chi connectivity index (χ4n) is 5.64. The second kappa shape index (κ2) is 8.02. The summed E-state index contributed by atoms with van der Waals surface area (Å²) in [4.78, 5) is 15.3. The fourth-order valence-corrected chi connectivity index (χ4v) is 5.64. The summed E-state index contributed by atoms with van der Waals surface area (Å²) in [6, 6.07) is 4.36. The molecule has 1 aromatic rings. The molecule has 4 aliphatic rings. The van der Waals surface area contributed by atoms with Gasteiger partial charge in [-0.25, -0.2) is 4.79 Å². The van der Waals surface area contributed by atoms with Crippen molar-refractivity contribution >= 4 is 5.97 Å². The number of carbonyl (C=O) groups excluding carboxylic acids is 1. The molecule has 31 heavy (non-hydrogen) atoms. The van der Waals surface area contributed by atoms with E-state index in [1.807, 2.05) is 0 Å². The first kappa shape index (κ1) is 20.6. The van der Waals surface area contributed by atoms with Gasteiger partial charge in [0.15, 0.2) is 23.7 Å². The molecule has 1 fully saturated rings. The molecule has 0 bridgehead atoms.